The molecule has 1 unspecified atom stereocenters. The van der Waals surface area contributed by atoms with Crippen LogP contribution in [-0.4, -0.2) is 58.6 Å². The van der Waals surface area contributed by atoms with Crippen LogP contribution in [0.4, 0.5) is 0 Å². The highest BCUT2D eigenvalue weighted by atomic mass is 35.5. The van der Waals surface area contributed by atoms with Crippen LogP contribution in [0.5, 0.6) is 0 Å². The molecule has 7 nitrogen and oxygen atoms in total. The number of aliphatic imine (C=N–C) groups is 1. The molecule has 1 aromatic carbocycles. The summed E-state index contributed by atoms with van der Waals surface area (Å²) < 4.78 is 12.2. The van der Waals surface area contributed by atoms with E-state index >= 15 is 0 Å². The number of halogens is 2. The first-order valence-corrected chi connectivity index (χ1v) is 13.4. The highest BCUT2D eigenvalue weighted by Gasteiger charge is 2.53. The molecule has 2 aliphatic heterocycles. The number of hydrogen-bond donors (Lipinski definition) is 1. The van der Waals surface area contributed by atoms with E-state index in [-0.39, 0.29) is 18.1 Å². The van der Waals surface area contributed by atoms with Gasteiger partial charge in [0.25, 0.3) is 0 Å². The van der Waals surface area contributed by atoms with Gasteiger partial charge in [-0.05, 0) is 74.8 Å². The Hall–Kier alpha value is -2.19. The fourth-order valence-corrected chi connectivity index (χ4v) is 6.72. The normalized spacial score (nSPS) is 30.0. The Balaban J connectivity index is 1.15. The maximum Gasteiger partial charge on any atom is 0.330 e. The van der Waals surface area contributed by atoms with Crippen molar-refractivity contribution in [1.82, 2.24) is 10.1 Å². The molecule has 0 radical (unpaired) electrons. The van der Waals surface area contributed by atoms with E-state index in [9.17, 15) is 9.90 Å². The van der Waals surface area contributed by atoms with Gasteiger partial charge in [-0.15, -0.1) is 0 Å². The number of carboxylic acids is 1. The summed E-state index contributed by atoms with van der Waals surface area (Å²) in [6, 6.07) is 5.43. The summed E-state index contributed by atoms with van der Waals surface area (Å²) in [5, 5.41) is 15.5. The number of nitrogens with zero attached hydrogens (tertiary/aromatic N) is 3. The Morgan fingerprint density at radius 1 is 1.25 bits per heavy atom. The second kappa shape index (κ2) is 9.28. The Morgan fingerprint density at radius 2 is 2.03 bits per heavy atom. The highest BCUT2D eigenvalue weighted by Crippen LogP contribution is 2.51. The zero-order valence-electron chi connectivity index (χ0n) is 20.0. The third-order valence-electron chi connectivity index (χ3n) is 8.24. The number of carbonyl (C=O) groups is 1. The van der Waals surface area contributed by atoms with Gasteiger partial charge in [0, 0.05) is 29.8 Å². The number of aliphatic carboxylic acids is 1. The molecule has 1 saturated heterocycles. The van der Waals surface area contributed by atoms with E-state index < -0.39 is 11.5 Å². The predicted octanol–water partition coefficient (Wildman–Crippen LogP) is 5.75. The molecule has 1 N–H and O–H groups in total. The van der Waals surface area contributed by atoms with Gasteiger partial charge in [-0.25, -0.2) is 4.79 Å². The Kier molecular flexibility index (Phi) is 6.23. The molecule has 3 heterocycles. The number of piperidine rings is 1. The molecule has 1 atom stereocenters. The van der Waals surface area contributed by atoms with Crippen molar-refractivity contribution in [2.45, 2.75) is 62.7 Å². The molecule has 0 amide bonds. The zero-order chi connectivity index (χ0) is 24.9. The third kappa shape index (κ3) is 4.20. The number of rotatable bonds is 7. The lowest BCUT2D eigenvalue weighted by Gasteiger charge is -2.55. The van der Waals surface area contributed by atoms with Crippen LogP contribution in [0, 0.1) is 5.41 Å². The van der Waals surface area contributed by atoms with Gasteiger partial charge in [-0.2, -0.15) is 0 Å². The number of allylic oxidation sites excluding steroid dienone is 1. The van der Waals surface area contributed by atoms with Gasteiger partial charge >= 0.3 is 5.97 Å². The molecule has 0 bridgehead atoms. The number of carboxylic acid groups (broad SMARTS) is 1. The maximum atomic E-state index is 12.3. The Labute approximate surface area is 220 Å². The summed E-state index contributed by atoms with van der Waals surface area (Å²) >= 11 is 13.0. The van der Waals surface area contributed by atoms with E-state index in [4.69, 9.17) is 32.5 Å². The minimum Gasteiger partial charge on any atom is -0.480 e. The molecular formula is C27H29Cl2N3O4. The first-order chi connectivity index (χ1) is 17.4. The van der Waals surface area contributed by atoms with Gasteiger partial charge in [-0.3, -0.25) is 9.89 Å². The molecule has 2 aromatic rings. The van der Waals surface area contributed by atoms with Crippen LogP contribution in [0.2, 0.25) is 10.0 Å². The molecule has 36 heavy (non-hydrogen) atoms. The second-order valence-corrected chi connectivity index (χ2v) is 11.5. The molecule has 9 heteroatoms. The van der Waals surface area contributed by atoms with Gasteiger partial charge in [0.05, 0.1) is 29.3 Å². The first-order valence-electron chi connectivity index (χ1n) is 12.6. The Bertz CT molecular complexity index is 1210. The largest absolute Gasteiger partial charge is 0.480 e. The number of likely N-dealkylation sites (tertiary alicyclic amines) is 1. The summed E-state index contributed by atoms with van der Waals surface area (Å²) in [5.41, 5.74) is 1.33. The van der Waals surface area contributed by atoms with Crippen LogP contribution in [0.15, 0.2) is 39.9 Å². The van der Waals surface area contributed by atoms with E-state index in [0.717, 1.165) is 62.9 Å². The molecule has 6 rings (SSSR count). The molecule has 1 spiro atoms. The number of aromatic nitrogens is 1. The molecular weight excluding hydrogens is 501 g/mol. The van der Waals surface area contributed by atoms with Crippen LogP contribution < -0.4 is 0 Å². The van der Waals surface area contributed by atoms with Crippen molar-refractivity contribution in [2.75, 3.05) is 19.6 Å². The SMILES string of the molecule is O=C(O)C1(N2CCCC3(CC(OCc4c(-c5c(Cl)cccc5Cl)noc4C4CC4)C3)C2)C=CC=NC1. The van der Waals surface area contributed by atoms with Gasteiger partial charge in [0.1, 0.15) is 11.5 Å². The van der Waals surface area contributed by atoms with Crippen LogP contribution in [0.3, 0.4) is 0 Å². The smallest absolute Gasteiger partial charge is 0.330 e. The molecule has 2 aliphatic carbocycles. The fraction of sp³-hybridized carbons (Fsp3) is 0.519. The van der Waals surface area contributed by atoms with E-state index in [1.807, 2.05) is 6.07 Å². The van der Waals surface area contributed by atoms with Crippen molar-refractivity contribution < 1.29 is 19.2 Å². The lowest BCUT2D eigenvalue weighted by molar-refractivity contribution is -0.156. The number of dihydropyridines is 1. The minimum atomic E-state index is -1.04. The summed E-state index contributed by atoms with van der Waals surface area (Å²) in [6.45, 7) is 2.18. The predicted molar refractivity (Wildman–Crippen MR) is 138 cm³/mol. The maximum absolute atomic E-state index is 12.3. The van der Waals surface area contributed by atoms with Gasteiger partial charge < -0.3 is 14.4 Å². The van der Waals surface area contributed by atoms with Crippen LogP contribution >= 0.6 is 23.2 Å². The summed E-state index contributed by atoms with van der Waals surface area (Å²) in [4.78, 5) is 18.6. The average molecular weight is 530 g/mol. The number of benzene rings is 1. The van der Waals surface area contributed by atoms with Gasteiger partial charge in [0.15, 0.2) is 5.54 Å². The average Bonchev–Trinajstić information content (AvgIpc) is 3.62. The van der Waals surface area contributed by atoms with Crippen LogP contribution in [0.25, 0.3) is 11.3 Å². The number of hydrogen-bond acceptors (Lipinski definition) is 6. The standard InChI is InChI=1S/C27H29Cl2N3O4/c28-20-4-1-5-21(29)22(20)23-19(24(36-31-23)17-6-7-17)14-35-18-12-26(13-18)8-3-11-32(16-26)27(25(33)34)9-2-10-30-15-27/h1-2,4-5,9-10,17-18H,3,6-8,11-16H2,(H,33,34). The minimum absolute atomic E-state index is 0.0865. The Morgan fingerprint density at radius 3 is 2.69 bits per heavy atom. The van der Waals surface area contributed by atoms with Crippen molar-refractivity contribution in [1.29, 1.82) is 0 Å². The van der Waals surface area contributed by atoms with E-state index in [2.05, 4.69) is 15.0 Å². The fourth-order valence-electron chi connectivity index (χ4n) is 6.14. The van der Waals surface area contributed by atoms with Crippen molar-refractivity contribution in [3.63, 3.8) is 0 Å². The number of ether oxygens (including phenoxy) is 1. The molecule has 1 aromatic heterocycles. The summed E-state index contributed by atoms with van der Waals surface area (Å²) in [5.74, 6) is 0.432. The molecule has 190 valence electrons. The van der Waals surface area contributed by atoms with Gasteiger partial charge in [-0.1, -0.05) is 34.4 Å². The van der Waals surface area contributed by atoms with Gasteiger partial charge in [0.2, 0.25) is 0 Å². The van der Waals surface area contributed by atoms with Crippen molar-refractivity contribution >= 4 is 35.4 Å². The summed E-state index contributed by atoms with van der Waals surface area (Å²) in [7, 11) is 0. The third-order valence-corrected chi connectivity index (χ3v) is 8.87. The topological polar surface area (TPSA) is 88.2 Å². The first kappa shape index (κ1) is 24.2. The monoisotopic (exact) mass is 529 g/mol. The van der Waals surface area contributed by atoms with E-state index in [0.29, 0.717) is 33.8 Å². The van der Waals surface area contributed by atoms with Crippen LogP contribution in [-0.2, 0) is 16.1 Å². The summed E-state index contributed by atoms with van der Waals surface area (Å²) in [6.07, 6.45) is 11.4. The van der Waals surface area contributed by atoms with Crippen LogP contribution in [0.1, 0.15) is 55.8 Å². The highest BCUT2D eigenvalue weighted by molar-refractivity contribution is 6.39. The van der Waals surface area contributed by atoms with E-state index in [1.54, 1.807) is 30.5 Å². The second-order valence-electron chi connectivity index (χ2n) is 10.7. The van der Waals surface area contributed by atoms with Crippen molar-refractivity contribution in [2.24, 2.45) is 10.4 Å². The van der Waals surface area contributed by atoms with E-state index in [1.165, 1.54) is 0 Å². The zero-order valence-corrected chi connectivity index (χ0v) is 21.5. The quantitative estimate of drug-likeness (QED) is 0.491. The molecule has 3 fully saturated rings. The van der Waals surface area contributed by atoms with Crippen molar-refractivity contribution in [3.05, 3.63) is 51.7 Å². The lowest BCUT2D eigenvalue weighted by atomic mass is 9.62. The molecule has 2 saturated carbocycles. The lowest BCUT2D eigenvalue weighted by Crippen LogP contribution is -2.63. The van der Waals surface area contributed by atoms with Crippen molar-refractivity contribution in [3.8, 4) is 11.3 Å². The molecule has 4 aliphatic rings.